The molecule has 0 amide bonds. The van der Waals surface area contributed by atoms with E-state index in [0.29, 0.717) is 5.92 Å². The molecular formula is C13H25NO. The fourth-order valence-corrected chi connectivity index (χ4v) is 2.91. The van der Waals surface area contributed by atoms with Crippen LogP contribution in [-0.2, 0) is 0 Å². The smallest absolute Gasteiger partial charge is 0.0631 e. The van der Waals surface area contributed by atoms with E-state index in [1.165, 1.54) is 32.2 Å². The molecule has 2 unspecified atom stereocenters. The Kier molecular flexibility index (Phi) is 3.09. The number of nitrogens with zero attached hydrogens (tertiary/aromatic N) is 1. The average Bonchev–Trinajstić information content (AvgIpc) is 2.90. The van der Waals surface area contributed by atoms with Gasteiger partial charge < -0.3 is 10.0 Å². The highest BCUT2D eigenvalue weighted by Crippen LogP contribution is 2.41. The van der Waals surface area contributed by atoms with Crippen molar-refractivity contribution in [1.29, 1.82) is 0 Å². The van der Waals surface area contributed by atoms with Gasteiger partial charge in [0.25, 0.3) is 0 Å². The Labute approximate surface area is 93.7 Å². The number of aliphatic hydroxyl groups is 1. The summed E-state index contributed by atoms with van der Waals surface area (Å²) >= 11 is 0. The van der Waals surface area contributed by atoms with Gasteiger partial charge in [0.05, 0.1) is 6.10 Å². The molecule has 2 aliphatic carbocycles. The molecule has 0 bridgehead atoms. The Morgan fingerprint density at radius 2 is 1.87 bits per heavy atom. The summed E-state index contributed by atoms with van der Waals surface area (Å²) in [6.07, 6.45) is 5.12. The van der Waals surface area contributed by atoms with Gasteiger partial charge in [0.1, 0.15) is 0 Å². The van der Waals surface area contributed by atoms with Crippen LogP contribution in [0.15, 0.2) is 0 Å². The van der Waals surface area contributed by atoms with E-state index in [1.807, 2.05) is 0 Å². The van der Waals surface area contributed by atoms with E-state index in [4.69, 9.17) is 0 Å². The Morgan fingerprint density at radius 3 is 2.33 bits per heavy atom. The standard InChI is InChI=1S/C13H25NO/c1-13(2)7-6-11(12(13)15)9-14(3)8-10-4-5-10/h10-12,15H,4-9H2,1-3H3. The van der Waals surface area contributed by atoms with Gasteiger partial charge in [-0.05, 0) is 50.0 Å². The van der Waals surface area contributed by atoms with Gasteiger partial charge in [-0.2, -0.15) is 0 Å². The van der Waals surface area contributed by atoms with Crippen molar-refractivity contribution in [2.45, 2.75) is 45.6 Å². The Balaban J connectivity index is 1.79. The molecule has 88 valence electrons. The van der Waals surface area contributed by atoms with Crippen LogP contribution in [0.25, 0.3) is 0 Å². The lowest BCUT2D eigenvalue weighted by Crippen LogP contribution is -2.35. The molecule has 0 spiro atoms. The SMILES string of the molecule is CN(CC1CC1)CC1CCC(C)(C)C1O. The molecule has 0 aromatic rings. The van der Waals surface area contributed by atoms with Crippen LogP contribution in [0.5, 0.6) is 0 Å². The van der Waals surface area contributed by atoms with Gasteiger partial charge in [-0.15, -0.1) is 0 Å². The molecule has 2 atom stereocenters. The zero-order chi connectivity index (χ0) is 11.1. The minimum atomic E-state index is -0.0980. The highest BCUT2D eigenvalue weighted by molar-refractivity contribution is 4.92. The van der Waals surface area contributed by atoms with Crippen LogP contribution in [0.1, 0.15) is 39.5 Å². The first kappa shape index (κ1) is 11.4. The second kappa shape index (κ2) is 4.06. The van der Waals surface area contributed by atoms with Crippen LogP contribution < -0.4 is 0 Å². The van der Waals surface area contributed by atoms with Crippen LogP contribution in [0.2, 0.25) is 0 Å². The van der Waals surface area contributed by atoms with Crippen molar-refractivity contribution in [3.63, 3.8) is 0 Å². The zero-order valence-electron chi connectivity index (χ0n) is 10.4. The highest BCUT2D eigenvalue weighted by atomic mass is 16.3. The summed E-state index contributed by atoms with van der Waals surface area (Å²) in [4.78, 5) is 2.42. The molecule has 2 heteroatoms. The molecule has 0 aromatic heterocycles. The van der Waals surface area contributed by atoms with Crippen LogP contribution >= 0.6 is 0 Å². The third-order valence-corrected chi connectivity index (χ3v) is 4.22. The van der Waals surface area contributed by atoms with Crippen molar-refractivity contribution >= 4 is 0 Å². The van der Waals surface area contributed by atoms with Gasteiger partial charge >= 0.3 is 0 Å². The molecule has 15 heavy (non-hydrogen) atoms. The third-order valence-electron chi connectivity index (χ3n) is 4.22. The molecule has 0 radical (unpaired) electrons. The number of hydrogen-bond acceptors (Lipinski definition) is 2. The molecule has 1 N–H and O–H groups in total. The van der Waals surface area contributed by atoms with Crippen molar-refractivity contribution in [1.82, 2.24) is 4.90 Å². The van der Waals surface area contributed by atoms with Gasteiger partial charge in [-0.1, -0.05) is 13.8 Å². The molecule has 0 heterocycles. The molecule has 2 rings (SSSR count). The molecule has 2 nitrogen and oxygen atoms in total. The molecule has 2 saturated carbocycles. The van der Waals surface area contributed by atoms with E-state index in [1.54, 1.807) is 0 Å². The van der Waals surface area contributed by atoms with E-state index >= 15 is 0 Å². The van der Waals surface area contributed by atoms with Gasteiger partial charge in [-0.25, -0.2) is 0 Å². The van der Waals surface area contributed by atoms with Crippen molar-refractivity contribution in [3.05, 3.63) is 0 Å². The largest absolute Gasteiger partial charge is 0.392 e. The molecular weight excluding hydrogens is 186 g/mol. The maximum atomic E-state index is 10.2. The van der Waals surface area contributed by atoms with Gasteiger partial charge in [0, 0.05) is 13.1 Å². The first-order chi connectivity index (χ1) is 6.99. The zero-order valence-corrected chi connectivity index (χ0v) is 10.4. The lowest BCUT2D eigenvalue weighted by molar-refractivity contribution is 0.0351. The van der Waals surface area contributed by atoms with Crippen LogP contribution in [-0.4, -0.2) is 36.2 Å². The predicted molar refractivity (Wildman–Crippen MR) is 62.7 cm³/mol. The van der Waals surface area contributed by atoms with Gasteiger partial charge in [0.15, 0.2) is 0 Å². The fourth-order valence-electron chi connectivity index (χ4n) is 2.91. The van der Waals surface area contributed by atoms with Crippen LogP contribution in [0.3, 0.4) is 0 Å². The van der Waals surface area contributed by atoms with Crippen LogP contribution in [0, 0.1) is 17.3 Å². The first-order valence-electron chi connectivity index (χ1n) is 6.35. The Morgan fingerprint density at radius 1 is 1.20 bits per heavy atom. The van der Waals surface area contributed by atoms with E-state index < -0.39 is 0 Å². The molecule has 0 aromatic carbocycles. The summed E-state index contributed by atoms with van der Waals surface area (Å²) in [6.45, 7) is 6.71. The Hall–Kier alpha value is -0.0800. The van der Waals surface area contributed by atoms with E-state index in [2.05, 4.69) is 25.8 Å². The van der Waals surface area contributed by atoms with E-state index in [9.17, 15) is 5.11 Å². The second-order valence-electron chi connectivity index (χ2n) is 6.40. The van der Waals surface area contributed by atoms with Crippen molar-refractivity contribution in [2.24, 2.45) is 17.3 Å². The van der Waals surface area contributed by atoms with Gasteiger partial charge in [0.2, 0.25) is 0 Å². The minimum Gasteiger partial charge on any atom is -0.392 e. The molecule has 0 aliphatic heterocycles. The lowest BCUT2D eigenvalue weighted by Gasteiger charge is -2.28. The summed E-state index contributed by atoms with van der Waals surface area (Å²) < 4.78 is 0. The van der Waals surface area contributed by atoms with Gasteiger partial charge in [-0.3, -0.25) is 0 Å². The normalized spacial score (nSPS) is 35.0. The average molecular weight is 211 g/mol. The van der Waals surface area contributed by atoms with Crippen LogP contribution in [0.4, 0.5) is 0 Å². The number of rotatable bonds is 4. The Bertz CT molecular complexity index is 223. The topological polar surface area (TPSA) is 23.5 Å². The van der Waals surface area contributed by atoms with Crippen molar-refractivity contribution in [3.8, 4) is 0 Å². The maximum absolute atomic E-state index is 10.2. The lowest BCUT2D eigenvalue weighted by atomic mass is 9.87. The monoisotopic (exact) mass is 211 g/mol. The number of aliphatic hydroxyl groups excluding tert-OH is 1. The fraction of sp³-hybridized carbons (Fsp3) is 1.00. The summed E-state index contributed by atoms with van der Waals surface area (Å²) in [7, 11) is 2.20. The minimum absolute atomic E-state index is 0.0980. The molecule has 2 fully saturated rings. The summed E-state index contributed by atoms with van der Waals surface area (Å²) in [5, 5.41) is 10.2. The quantitative estimate of drug-likeness (QED) is 0.770. The summed E-state index contributed by atoms with van der Waals surface area (Å²) in [6, 6.07) is 0. The molecule has 2 aliphatic rings. The summed E-state index contributed by atoms with van der Waals surface area (Å²) in [5.41, 5.74) is 0.144. The number of hydrogen-bond donors (Lipinski definition) is 1. The van der Waals surface area contributed by atoms with E-state index in [0.717, 1.165) is 12.5 Å². The maximum Gasteiger partial charge on any atom is 0.0631 e. The van der Waals surface area contributed by atoms with Crippen molar-refractivity contribution < 1.29 is 5.11 Å². The van der Waals surface area contributed by atoms with E-state index in [-0.39, 0.29) is 11.5 Å². The molecule has 0 saturated heterocycles. The summed E-state index contributed by atoms with van der Waals surface area (Å²) in [5.74, 6) is 1.46. The van der Waals surface area contributed by atoms with Crippen molar-refractivity contribution in [2.75, 3.05) is 20.1 Å². The highest BCUT2D eigenvalue weighted by Gasteiger charge is 2.41. The third kappa shape index (κ3) is 2.73. The first-order valence-corrected chi connectivity index (χ1v) is 6.35. The predicted octanol–water partition coefficient (Wildman–Crippen LogP) is 2.13. The second-order valence-corrected chi connectivity index (χ2v) is 6.40.